The topological polar surface area (TPSA) is 92.1 Å². The van der Waals surface area contributed by atoms with Crippen LogP contribution in [0.25, 0.3) is 0 Å². The zero-order valence-electron chi connectivity index (χ0n) is 11.4. The molecular formula is C12H16N2O6. The van der Waals surface area contributed by atoms with Gasteiger partial charge in [0, 0.05) is 20.3 Å². The minimum atomic E-state index is -0.528. The molecule has 1 aliphatic rings. The molecule has 2 rings (SSSR count). The Morgan fingerprint density at radius 1 is 1.30 bits per heavy atom. The van der Waals surface area contributed by atoms with Gasteiger partial charge in [0.05, 0.1) is 17.0 Å². The number of nitro groups is 1. The average Bonchev–Trinajstić information content (AvgIpc) is 2.86. The van der Waals surface area contributed by atoms with Crippen molar-refractivity contribution < 1.29 is 23.9 Å². The monoisotopic (exact) mass is 284 g/mol. The summed E-state index contributed by atoms with van der Waals surface area (Å²) in [7, 11) is 3.00. The number of benzene rings is 1. The number of nitrogens with one attached hydrogen (secondary N) is 1. The van der Waals surface area contributed by atoms with E-state index in [0.29, 0.717) is 17.2 Å². The summed E-state index contributed by atoms with van der Waals surface area (Å²) in [6.45, 7) is 1.86. The molecule has 1 heterocycles. The fourth-order valence-electron chi connectivity index (χ4n) is 2.02. The van der Waals surface area contributed by atoms with E-state index >= 15 is 0 Å². The molecule has 0 radical (unpaired) electrons. The third-order valence-electron chi connectivity index (χ3n) is 2.94. The molecule has 0 aromatic heterocycles. The van der Waals surface area contributed by atoms with Crippen molar-refractivity contribution in [2.24, 2.45) is 0 Å². The second-order valence-electron chi connectivity index (χ2n) is 4.25. The molecule has 1 unspecified atom stereocenters. The summed E-state index contributed by atoms with van der Waals surface area (Å²) < 4.78 is 20.6. The van der Waals surface area contributed by atoms with Crippen molar-refractivity contribution in [2.75, 3.05) is 26.3 Å². The van der Waals surface area contributed by atoms with Gasteiger partial charge in [-0.3, -0.25) is 10.1 Å². The van der Waals surface area contributed by atoms with Gasteiger partial charge in [0.2, 0.25) is 6.79 Å². The standard InChI is InChI=1S/C12H16N2O6/c1-7(12(17-2)18-3)13-8-4-10-11(20-6-19-10)5-9(8)14(15)16/h4-5,7,12-13H,6H2,1-3H3. The Morgan fingerprint density at radius 3 is 2.45 bits per heavy atom. The van der Waals surface area contributed by atoms with Crippen LogP contribution in [0, 0.1) is 10.1 Å². The van der Waals surface area contributed by atoms with Gasteiger partial charge in [0.15, 0.2) is 17.8 Å². The summed E-state index contributed by atoms with van der Waals surface area (Å²) in [6, 6.07) is 2.59. The molecule has 1 aromatic rings. The molecule has 0 bridgehead atoms. The quantitative estimate of drug-likeness (QED) is 0.483. The van der Waals surface area contributed by atoms with Crippen LogP contribution in [0.3, 0.4) is 0 Å². The molecule has 0 amide bonds. The van der Waals surface area contributed by atoms with Gasteiger partial charge in [-0.1, -0.05) is 0 Å². The smallest absolute Gasteiger partial charge is 0.296 e. The Bertz CT molecular complexity index is 503. The fourth-order valence-corrected chi connectivity index (χ4v) is 2.02. The maximum Gasteiger partial charge on any atom is 0.296 e. The molecule has 1 atom stereocenters. The Labute approximate surface area is 115 Å². The van der Waals surface area contributed by atoms with Gasteiger partial charge in [-0.25, -0.2) is 0 Å². The lowest BCUT2D eigenvalue weighted by Gasteiger charge is -2.23. The number of nitro benzene ring substituents is 1. The van der Waals surface area contributed by atoms with E-state index in [9.17, 15) is 10.1 Å². The third-order valence-corrected chi connectivity index (χ3v) is 2.94. The van der Waals surface area contributed by atoms with Crippen LogP contribution in [0.1, 0.15) is 6.92 Å². The van der Waals surface area contributed by atoms with Crippen molar-refractivity contribution in [1.29, 1.82) is 0 Å². The summed E-state index contributed by atoms with van der Waals surface area (Å²) in [6.07, 6.45) is -0.528. The second-order valence-corrected chi connectivity index (χ2v) is 4.25. The van der Waals surface area contributed by atoms with Crippen LogP contribution in [0.2, 0.25) is 0 Å². The SMILES string of the molecule is COC(OC)C(C)Nc1cc2c(cc1[N+](=O)[O-])OCO2. The fraction of sp³-hybridized carbons (Fsp3) is 0.500. The lowest BCUT2D eigenvalue weighted by atomic mass is 10.2. The van der Waals surface area contributed by atoms with E-state index in [1.807, 2.05) is 0 Å². The van der Waals surface area contributed by atoms with Gasteiger partial charge >= 0.3 is 0 Å². The number of methoxy groups -OCH3 is 2. The lowest BCUT2D eigenvalue weighted by Crippen LogP contribution is -2.33. The zero-order valence-corrected chi connectivity index (χ0v) is 11.4. The number of anilines is 1. The maximum atomic E-state index is 11.1. The highest BCUT2D eigenvalue weighted by Gasteiger charge is 2.26. The molecule has 20 heavy (non-hydrogen) atoms. The average molecular weight is 284 g/mol. The van der Waals surface area contributed by atoms with Gasteiger partial charge in [-0.15, -0.1) is 0 Å². The van der Waals surface area contributed by atoms with Crippen LogP contribution < -0.4 is 14.8 Å². The molecule has 0 spiro atoms. The van der Waals surface area contributed by atoms with Crippen LogP contribution in [0.4, 0.5) is 11.4 Å². The summed E-state index contributed by atoms with van der Waals surface area (Å²) in [5.74, 6) is 0.835. The predicted molar refractivity (Wildman–Crippen MR) is 70.1 cm³/mol. The second kappa shape index (κ2) is 5.93. The highest BCUT2D eigenvalue weighted by Crippen LogP contribution is 2.40. The molecule has 8 nitrogen and oxygen atoms in total. The van der Waals surface area contributed by atoms with Crippen LogP contribution >= 0.6 is 0 Å². The van der Waals surface area contributed by atoms with Crippen molar-refractivity contribution in [1.82, 2.24) is 0 Å². The molecule has 0 fully saturated rings. The third kappa shape index (κ3) is 2.75. The summed E-state index contributed by atoms with van der Waals surface area (Å²) in [5, 5.41) is 14.1. The van der Waals surface area contributed by atoms with Gasteiger partial charge < -0.3 is 24.3 Å². The molecule has 8 heteroatoms. The van der Waals surface area contributed by atoms with E-state index in [2.05, 4.69) is 5.32 Å². The Balaban J connectivity index is 2.28. The minimum Gasteiger partial charge on any atom is -0.454 e. The highest BCUT2D eigenvalue weighted by atomic mass is 16.7. The zero-order chi connectivity index (χ0) is 14.7. The van der Waals surface area contributed by atoms with Crippen LogP contribution in [-0.4, -0.2) is 38.3 Å². The largest absolute Gasteiger partial charge is 0.454 e. The first-order chi connectivity index (χ1) is 9.56. The van der Waals surface area contributed by atoms with E-state index in [1.54, 1.807) is 13.0 Å². The number of hydrogen-bond donors (Lipinski definition) is 1. The first-order valence-electron chi connectivity index (χ1n) is 5.97. The van der Waals surface area contributed by atoms with Crippen molar-refractivity contribution in [3.63, 3.8) is 0 Å². The Morgan fingerprint density at radius 2 is 1.90 bits per heavy atom. The first kappa shape index (κ1) is 14.4. The number of fused-ring (bicyclic) bond motifs is 1. The number of hydrogen-bond acceptors (Lipinski definition) is 7. The number of nitrogens with zero attached hydrogens (tertiary/aromatic N) is 1. The summed E-state index contributed by atoms with van der Waals surface area (Å²) in [4.78, 5) is 10.6. The Kier molecular flexibility index (Phi) is 4.26. The lowest BCUT2D eigenvalue weighted by molar-refractivity contribution is -0.384. The van der Waals surface area contributed by atoms with E-state index in [4.69, 9.17) is 18.9 Å². The maximum absolute atomic E-state index is 11.1. The van der Waals surface area contributed by atoms with E-state index in [0.717, 1.165) is 0 Å². The normalized spacial score (nSPS) is 14.4. The van der Waals surface area contributed by atoms with E-state index in [-0.39, 0.29) is 18.5 Å². The molecule has 110 valence electrons. The van der Waals surface area contributed by atoms with Crippen LogP contribution in [-0.2, 0) is 9.47 Å². The van der Waals surface area contributed by atoms with Crippen molar-refractivity contribution in [3.8, 4) is 11.5 Å². The van der Waals surface area contributed by atoms with Gasteiger partial charge in [0.1, 0.15) is 5.69 Å². The summed E-state index contributed by atoms with van der Waals surface area (Å²) in [5.41, 5.74) is 0.234. The molecule has 0 saturated heterocycles. The van der Waals surface area contributed by atoms with Crippen LogP contribution in [0.5, 0.6) is 11.5 Å². The molecule has 1 aliphatic heterocycles. The Hall–Kier alpha value is -2.06. The predicted octanol–water partition coefficient (Wildman–Crippen LogP) is 1.74. The highest BCUT2D eigenvalue weighted by molar-refractivity contribution is 5.69. The number of rotatable bonds is 6. The summed E-state index contributed by atoms with van der Waals surface area (Å²) >= 11 is 0. The molecule has 1 N–H and O–H groups in total. The van der Waals surface area contributed by atoms with Crippen molar-refractivity contribution in [3.05, 3.63) is 22.2 Å². The molecule has 0 saturated carbocycles. The van der Waals surface area contributed by atoms with E-state index in [1.165, 1.54) is 20.3 Å². The minimum absolute atomic E-state index is 0.0598. The van der Waals surface area contributed by atoms with Crippen LogP contribution in [0.15, 0.2) is 12.1 Å². The first-order valence-corrected chi connectivity index (χ1v) is 5.97. The van der Waals surface area contributed by atoms with E-state index < -0.39 is 11.2 Å². The van der Waals surface area contributed by atoms with Gasteiger partial charge in [-0.2, -0.15) is 0 Å². The van der Waals surface area contributed by atoms with Crippen molar-refractivity contribution in [2.45, 2.75) is 19.3 Å². The van der Waals surface area contributed by atoms with Crippen molar-refractivity contribution >= 4 is 11.4 Å². The van der Waals surface area contributed by atoms with Gasteiger partial charge in [0.25, 0.3) is 5.69 Å². The molecule has 1 aromatic carbocycles. The van der Waals surface area contributed by atoms with Gasteiger partial charge in [-0.05, 0) is 6.92 Å². The molecule has 0 aliphatic carbocycles. The molecular weight excluding hydrogens is 268 g/mol. The number of ether oxygens (including phenoxy) is 4.